The number of aryl methyl sites for hydroxylation is 1. The van der Waals surface area contributed by atoms with Crippen LogP contribution in [-0.4, -0.2) is 55.8 Å². The average molecular weight is 351 g/mol. The van der Waals surface area contributed by atoms with Crippen LogP contribution in [-0.2, 0) is 13.1 Å². The van der Waals surface area contributed by atoms with Gasteiger partial charge in [-0.15, -0.1) is 0 Å². The van der Waals surface area contributed by atoms with Gasteiger partial charge in [0.2, 0.25) is 0 Å². The molecule has 4 heterocycles. The fourth-order valence-electron chi connectivity index (χ4n) is 3.48. The average Bonchev–Trinajstić information content (AvgIpc) is 2.97. The molecule has 0 unspecified atom stereocenters. The first-order valence-electron chi connectivity index (χ1n) is 9.38. The van der Waals surface area contributed by atoms with E-state index in [1.165, 1.54) is 5.56 Å². The summed E-state index contributed by atoms with van der Waals surface area (Å²) in [6.45, 7) is 8.25. The van der Waals surface area contributed by atoms with Crippen molar-refractivity contribution in [2.75, 3.05) is 31.1 Å². The van der Waals surface area contributed by atoms with E-state index < -0.39 is 0 Å². The van der Waals surface area contributed by atoms with Gasteiger partial charge in [0.25, 0.3) is 0 Å². The molecule has 0 aromatic carbocycles. The van der Waals surface area contributed by atoms with Crippen LogP contribution < -0.4 is 4.90 Å². The number of aromatic nitrogens is 5. The molecule has 0 radical (unpaired) electrons. The van der Waals surface area contributed by atoms with Crippen LogP contribution >= 0.6 is 0 Å². The van der Waals surface area contributed by atoms with Gasteiger partial charge in [0, 0.05) is 63.4 Å². The van der Waals surface area contributed by atoms with Crippen LogP contribution in [0.15, 0.2) is 36.9 Å². The molecule has 0 spiro atoms. The quantitative estimate of drug-likeness (QED) is 0.703. The van der Waals surface area contributed by atoms with Crippen molar-refractivity contribution in [3.05, 3.63) is 42.5 Å². The van der Waals surface area contributed by atoms with Gasteiger partial charge in [-0.3, -0.25) is 14.6 Å². The molecule has 1 aliphatic heterocycles. The van der Waals surface area contributed by atoms with Gasteiger partial charge < -0.3 is 4.90 Å². The molecule has 1 saturated heterocycles. The van der Waals surface area contributed by atoms with E-state index in [-0.39, 0.29) is 0 Å². The van der Waals surface area contributed by atoms with Crippen molar-refractivity contribution in [1.82, 2.24) is 29.6 Å². The van der Waals surface area contributed by atoms with Crippen molar-refractivity contribution in [3.63, 3.8) is 0 Å². The maximum atomic E-state index is 4.69. The first-order valence-corrected chi connectivity index (χ1v) is 9.38. The minimum Gasteiger partial charge on any atom is -0.355 e. The molecule has 0 bridgehead atoms. The van der Waals surface area contributed by atoms with Gasteiger partial charge in [-0.05, 0) is 25.0 Å². The number of pyridine rings is 1. The lowest BCUT2D eigenvalue weighted by Crippen LogP contribution is -2.30. The number of nitrogens with zero attached hydrogens (tertiary/aromatic N) is 7. The summed E-state index contributed by atoms with van der Waals surface area (Å²) in [5.74, 6) is 0.996. The monoisotopic (exact) mass is 351 g/mol. The van der Waals surface area contributed by atoms with E-state index in [1.807, 2.05) is 16.9 Å². The second-order valence-corrected chi connectivity index (χ2v) is 6.80. The SMILES string of the molecule is CCCn1cc(CN2CCCN(c3ccc4nccnc4n3)CC2)cn1. The topological polar surface area (TPSA) is 63.0 Å². The second kappa shape index (κ2) is 7.78. The zero-order valence-electron chi connectivity index (χ0n) is 15.3. The molecule has 26 heavy (non-hydrogen) atoms. The predicted octanol–water partition coefficient (Wildman–Crippen LogP) is 2.34. The Bertz CT molecular complexity index is 860. The summed E-state index contributed by atoms with van der Waals surface area (Å²) < 4.78 is 2.04. The Labute approximate surface area is 153 Å². The fourth-order valence-corrected chi connectivity index (χ4v) is 3.48. The summed E-state index contributed by atoms with van der Waals surface area (Å²) in [7, 11) is 0. The van der Waals surface area contributed by atoms with Crippen LogP contribution in [0.1, 0.15) is 25.3 Å². The lowest BCUT2D eigenvalue weighted by molar-refractivity contribution is 0.285. The predicted molar refractivity (Wildman–Crippen MR) is 102 cm³/mol. The summed E-state index contributed by atoms with van der Waals surface area (Å²) >= 11 is 0. The van der Waals surface area contributed by atoms with Crippen LogP contribution in [0.25, 0.3) is 11.2 Å². The number of rotatable bonds is 5. The number of hydrogen-bond donors (Lipinski definition) is 0. The first-order chi connectivity index (χ1) is 12.8. The smallest absolute Gasteiger partial charge is 0.180 e. The lowest BCUT2D eigenvalue weighted by Gasteiger charge is -2.22. The van der Waals surface area contributed by atoms with Crippen LogP contribution in [0, 0.1) is 0 Å². The molecule has 0 saturated carbocycles. The summed E-state index contributed by atoms with van der Waals surface area (Å²) in [5.41, 5.74) is 2.86. The molecule has 0 amide bonds. The molecule has 4 rings (SSSR count). The highest BCUT2D eigenvalue weighted by atomic mass is 15.3. The zero-order valence-corrected chi connectivity index (χ0v) is 15.3. The normalized spacial score (nSPS) is 16.1. The van der Waals surface area contributed by atoms with E-state index >= 15 is 0 Å². The Morgan fingerprint density at radius 3 is 2.88 bits per heavy atom. The maximum absolute atomic E-state index is 4.69. The highest BCUT2D eigenvalue weighted by Gasteiger charge is 2.17. The van der Waals surface area contributed by atoms with E-state index in [2.05, 4.69) is 44.1 Å². The molecule has 1 aliphatic rings. The van der Waals surface area contributed by atoms with Gasteiger partial charge in [0.05, 0.1) is 6.20 Å². The first kappa shape index (κ1) is 16.9. The van der Waals surface area contributed by atoms with Gasteiger partial charge >= 0.3 is 0 Å². The Kier molecular flexibility index (Phi) is 5.06. The third-order valence-corrected chi connectivity index (χ3v) is 4.78. The van der Waals surface area contributed by atoms with Crippen LogP contribution in [0.2, 0.25) is 0 Å². The fraction of sp³-hybridized carbons (Fsp3) is 0.474. The zero-order chi connectivity index (χ0) is 17.8. The van der Waals surface area contributed by atoms with E-state index in [0.717, 1.165) is 69.1 Å². The van der Waals surface area contributed by atoms with E-state index in [9.17, 15) is 0 Å². The van der Waals surface area contributed by atoms with Crippen LogP contribution in [0.3, 0.4) is 0 Å². The maximum Gasteiger partial charge on any atom is 0.180 e. The van der Waals surface area contributed by atoms with Gasteiger partial charge in [-0.1, -0.05) is 6.92 Å². The van der Waals surface area contributed by atoms with E-state index in [1.54, 1.807) is 12.4 Å². The summed E-state index contributed by atoms with van der Waals surface area (Å²) in [5, 5.41) is 4.44. The van der Waals surface area contributed by atoms with Gasteiger partial charge in [0.15, 0.2) is 5.65 Å². The molecule has 3 aromatic heterocycles. The van der Waals surface area contributed by atoms with Crippen LogP contribution in [0.4, 0.5) is 5.82 Å². The van der Waals surface area contributed by atoms with Crippen molar-refractivity contribution >= 4 is 17.0 Å². The molecule has 0 aliphatic carbocycles. The third kappa shape index (κ3) is 3.83. The molecule has 7 heteroatoms. The Morgan fingerprint density at radius 2 is 1.96 bits per heavy atom. The summed E-state index contributed by atoms with van der Waals surface area (Å²) in [4.78, 5) is 18.2. The largest absolute Gasteiger partial charge is 0.355 e. The Balaban J connectivity index is 1.40. The second-order valence-electron chi connectivity index (χ2n) is 6.80. The molecular weight excluding hydrogens is 326 g/mol. The third-order valence-electron chi connectivity index (χ3n) is 4.78. The van der Waals surface area contributed by atoms with Crippen molar-refractivity contribution in [1.29, 1.82) is 0 Å². The number of anilines is 1. The lowest BCUT2D eigenvalue weighted by atomic mass is 10.3. The van der Waals surface area contributed by atoms with Gasteiger partial charge in [-0.25, -0.2) is 9.97 Å². The van der Waals surface area contributed by atoms with Crippen LogP contribution in [0.5, 0.6) is 0 Å². The molecule has 0 atom stereocenters. The van der Waals surface area contributed by atoms with Crippen molar-refractivity contribution in [2.24, 2.45) is 0 Å². The molecule has 7 nitrogen and oxygen atoms in total. The number of hydrogen-bond acceptors (Lipinski definition) is 6. The van der Waals surface area contributed by atoms with E-state index in [0.29, 0.717) is 0 Å². The molecule has 136 valence electrons. The summed E-state index contributed by atoms with van der Waals surface area (Å²) in [6, 6.07) is 4.07. The minimum atomic E-state index is 0.717. The van der Waals surface area contributed by atoms with Crippen molar-refractivity contribution in [3.8, 4) is 0 Å². The standard InChI is InChI=1S/C19H25N7/c1-2-8-26-15-16(13-22-26)14-24-9-3-10-25(12-11-24)18-5-4-17-19(23-18)21-7-6-20-17/h4-7,13,15H,2-3,8-12,14H2,1H3. The van der Waals surface area contributed by atoms with Gasteiger partial charge in [0.1, 0.15) is 11.3 Å². The van der Waals surface area contributed by atoms with Crippen molar-refractivity contribution < 1.29 is 0 Å². The number of fused-ring (bicyclic) bond motifs is 1. The summed E-state index contributed by atoms with van der Waals surface area (Å²) in [6.07, 6.45) is 9.82. The van der Waals surface area contributed by atoms with E-state index in [4.69, 9.17) is 4.98 Å². The van der Waals surface area contributed by atoms with Gasteiger partial charge in [-0.2, -0.15) is 5.10 Å². The molecule has 1 fully saturated rings. The highest BCUT2D eigenvalue weighted by molar-refractivity contribution is 5.71. The minimum absolute atomic E-state index is 0.717. The molecule has 3 aromatic rings. The Hall–Kier alpha value is -2.54. The Morgan fingerprint density at radius 1 is 1.04 bits per heavy atom. The highest BCUT2D eigenvalue weighted by Crippen LogP contribution is 2.17. The van der Waals surface area contributed by atoms with Crippen molar-refractivity contribution in [2.45, 2.75) is 32.9 Å². The molecule has 0 N–H and O–H groups in total. The molecular formula is C19H25N7.